The second-order valence-electron chi connectivity index (χ2n) is 9.94. The number of para-hydroxylation sites is 1. The molecule has 0 radical (unpaired) electrons. The molecule has 1 aromatic carbocycles. The molecule has 0 aliphatic carbocycles. The molecule has 1 aliphatic heterocycles. The third kappa shape index (κ3) is 6.39. The molecule has 3 atom stereocenters. The standard InChI is InChI=1S/C27H37N5O6S/c1-17(2)38-26(21-14-28-18(3)13-29-21)19(4)39(33,34)16-24-30-31-27(20-9-8-12-37-15-20)32(24)25-22(35-5)10-7-11-23(25)36-6/h7,10-11,13-14,17,19-20,26H,8-9,12,15-16H2,1-6H3/t19-,20+,26+/m0/s1. The van der Waals surface area contributed by atoms with E-state index >= 15 is 0 Å². The van der Waals surface area contributed by atoms with Crippen molar-refractivity contribution >= 4 is 9.84 Å². The van der Waals surface area contributed by atoms with Crippen LogP contribution in [0.15, 0.2) is 30.6 Å². The molecule has 2 aromatic heterocycles. The number of sulfone groups is 1. The molecule has 39 heavy (non-hydrogen) atoms. The van der Waals surface area contributed by atoms with Crippen molar-refractivity contribution in [2.75, 3.05) is 27.4 Å². The quantitative estimate of drug-likeness (QED) is 0.343. The number of methoxy groups -OCH3 is 2. The molecule has 12 heteroatoms. The first-order valence-corrected chi connectivity index (χ1v) is 14.8. The summed E-state index contributed by atoms with van der Waals surface area (Å²) in [6.45, 7) is 8.32. The summed E-state index contributed by atoms with van der Waals surface area (Å²) in [5.74, 6) is 1.44. The second kappa shape index (κ2) is 12.4. The Kier molecular flexibility index (Phi) is 9.19. The third-order valence-corrected chi connectivity index (χ3v) is 8.78. The number of aryl methyl sites for hydroxylation is 1. The predicted molar refractivity (Wildman–Crippen MR) is 145 cm³/mol. The van der Waals surface area contributed by atoms with Crippen LogP contribution in [0.2, 0.25) is 0 Å². The van der Waals surface area contributed by atoms with Gasteiger partial charge in [-0.2, -0.15) is 0 Å². The first kappa shape index (κ1) is 28.9. The summed E-state index contributed by atoms with van der Waals surface area (Å²) < 4.78 is 52.8. The summed E-state index contributed by atoms with van der Waals surface area (Å²) in [5, 5.41) is 7.92. The number of ether oxygens (including phenoxy) is 4. The maximum Gasteiger partial charge on any atom is 0.163 e. The number of hydrogen-bond acceptors (Lipinski definition) is 10. The van der Waals surface area contributed by atoms with E-state index in [2.05, 4.69) is 20.2 Å². The van der Waals surface area contributed by atoms with Crippen LogP contribution in [0.4, 0.5) is 0 Å². The number of nitrogens with zero attached hydrogens (tertiary/aromatic N) is 5. The van der Waals surface area contributed by atoms with Gasteiger partial charge in [-0.25, -0.2) is 8.42 Å². The van der Waals surface area contributed by atoms with E-state index in [1.807, 2.05) is 26.8 Å². The fourth-order valence-electron chi connectivity index (χ4n) is 4.69. The van der Waals surface area contributed by atoms with Gasteiger partial charge in [0.1, 0.15) is 34.9 Å². The van der Waals surface area contributed by atoms with Gasteiger partial charge in [0, 0.05) is 18.7 Å². The monoisotopic (exact) mass is 559 g/mol. The lowest BCUT2D eigenvalue weighted by molar-refractivity contribution is 0.00382. The van der Waals surface area contributed by atoms with E-state index in [0.29, 0.717) is 41.9 Å². The summed E-state index contributed by atoms with van der Waals surface area (Å²) in [7, 11) is -0.719. The molecule has 3 heterocycles. The molecule has 3 aromatic rings. The Labute approximate surface area is 229 Å². The highest BCUT2D eigenvalue weighted by Gasteiger charge is 2.36. The van der Waals surface area contributed by atoms with Crippen molar-refractivity contribution in [2.24, 2.45) is 0 Å². The minimum atomic E-state index is -3.83. The third-order valence-electron chi connectivity index (χ3n) is 6.74. The van der Waals surface area contributed by atoms with Crippen LogP contribution in [0, 0.1) is 6.92 Å². The van der Waals surface area contributed by atoms with Crippen molar-refractivity contribution in [3.8, 4) is 17.2 Å². The Balaban J connectivity index is 1.79. The first-order chi connectivity index (χ1) is 18.7. The van der Waals surface area contributed by atoms with E-state index in [4.69, 9.17) is 18.9 Å². The van der Waals surface area contributed by atoms with Crippen LogP contribution in [-0.2, 0) is 25.1 Å². The highest BCUT2D eigenvalue weighted by Crippen LogP contribution is 2.38. The van der Waals surface area contributed by atoms with E-state index < -0.39 is 21.2 Å². The van der Waals surface area contributed by atoms with Crippen LogP contribution in [-0.4, -0.2) is 71.9 Å². The molecule has 1 fully saturated rings. The van der Waals surface area contributed by atoms with Crippen molar-refractivity contribution in [3.05, 3.63) is 53.6 Å². The van der Waals surface area contributed by atoms with Gasteiger partial charge in [-0.15, -0.1) is 10.2 Å². The van der Waals surface area contributed by atoms with Crippen LogP contribution < -0.4 is 9.47 Å². The number of hydrogen-bond donors (Lipinski definition) is 0. The SMILES string of the molecule is COc1cccc(OC)c1-n1c(CS(=O)(=O)[C@@H](C)[C@@H](OC(C)C)c2cnc(C)cn2)nnc1[C@@H]1CCCOC1. The lowest BCUT2D eigenvalue weighted by Crippen LogP contribution is -2.31. The van der Waals surface area contributed by atoms with Gasteiger partial charge >= 0.3 is 0 Å². The molecular weight excluding hydrogens is 522 g/mol. The summed E-state index contributed by atoms with van der Waals surface area (Å²) in [4.78, 5) is 8.72. The molecule has 4 rings (SSSR count). The molecule has 1 aliphatic rings. The minimum Gasteiger partial charge on any atom is -0.494 e. The van der Waals surface area contributed by atoms with Gasteiger partial charge in [0.15, 0.2) is 15.7 Å². The molecule has 212 valence electrons. The van der Waals surface area contributed by atoms with Crippen molar-refractivity contribution in [1.82, 2.24) is 24.7 Å². The van der Waals surface area contributed by atoms with Gasteiger partial charge in [0.05, 0.1) is 49.8 Å². The largest absolute Gasteiger partial charge is 0.494 e. The molecule has 11 nitrogen and oxygen atoms in total. The Morgan fingerprint density at radius 2 is 1.79 bits per heavy atom. The van der Waals surface area contributed by atoms with Gasteiger partial charge in [-0.1, -0.05) is 6.07 Å². The Morgan fingerprint density at radius 3 is 2.36 bits per heavy atom. The van der Waals surface area contributed by atoms with E-state index in [0.717, 1.165) is 18.5 Å². The number of benzene rings is 1. The fourth-order valence-corrected chi connectivity index (χ4v) is 6.08. The average molecular weight is 560 g/mol. The summed E-state index contributed by atoms with van der Waals surface area (Å²) in [6.07, 6.45) is 3.85. The normalized spacial score (nSPS) is 17.7. The van der Waals surface area contributed by atoms with E-state index in [-0.39, 0.29) is 23.6 Å². The highest BCUT2D eigenvalue weighted by atomic mass is 32.2. The lowest BCUT2D eigenvalue weighted by atomic mass is 10.0. The van der Waals surface area contributed by atoms with Crippen LogP contribution in [0.5, 0.6) is 11.5 Å². The van der Waals surface area contributed by atoms with Crippen LogP contribution in [0.25, 0.3) is 5.69 Å². The zero-order valence-corrected chi connectivity index (χ0v) is 24.1. The maximum absolute atomic E-state index is 13.9. The molecule has 0 spiro atoms. The average Bonchev–Trinajstić information content (AvgIpc) is 3.33. The molecule has 1 saturated heterocycles. The first-order valence-electron chi connectivity index (χ1n) is 13.0. The van der Waals surface area contributed by atoms with Gasteiger partial charge < -0.3 is 18.9 Å². The van der Waals surface area contributed by atoms with Crippen molar-refractivity contribution < 1.29 is 27.4 Å². The Morgan fingerprint density at radius 1 is 1.08 bits per heavy atom. The van der Waals surface area contributed by atoms with Gasteiger partial charge in [0.25, 0.3) is 0 Å². The zero-order chi connectivity index (χ0) is 28.2. The van der Waals surface area contributed by atoms with Crippen LogP contribution >= 0.6 is 0 Å². The van der Waals surface area contributed by atoms with Crippen LogP contribution in [0.1, 0.15) is 68.7 Å². The summed E-state index contributed by atoms with van der Waals surface area (Å²) in [5.41, 5.74) is 1.74. The fraction of sp³-hybridized carbons (Fsp3) is 0.556. The van der Waals surface area contributed by atoms with Crippen molar-refractivity contribution in [2.45, 2.75) is 69.7 Å². The smallest absolute Gasteiger partial charge is 0.163 e. The molecule has 0 bridgehead atoms. The summed E-state index contributed by atoms with van der Waals surface area (Å²) in [6, 6.07) is 5.40. The van der Waals surface area contributed by atoms with E-state index in [1.54, 1.807) is 50.2 Å². The van der Waals surface area contributed by atoms with Crippen molar-refractivity contribution in [3.63, 3.8) is 0 Å². The van der Waals surface area contributed by atoms with Gasteiger partial charge in [0.2, 0.25) is 0 Å². The second-order valence-corrected chi connectivity index (χ2v) is 12.3. The predicted octanol–water partition coefficient (Wildman–Crippen LogP) is 3.75. The molecule has 0 unspecified atom stereocenters. The zero-order valence-electron chi connectivity index (χ0n) is 23.3. The Bertz CT molecular complexity index is 1330. The number of aromatic nitrogens is 5. The lowest BCUT2D eigenvalue weighted by Gasteiger charge is -2.26. The van der Waals surface area contributed by atoms with Gasteiger partial charge in [-0.3, -0.25) is 14.5 Å². The molecular formula is C27H37N5O6S. The van der Waals surface area contributed by atoms with E-state index in [9.17, 15) is 8.42 Å². The highest BCUT2D eigenvalue weighted by molar-refractivity contribution is 7.91. The van der Waals surface area contributed by atoms with E-state index in [1.165, 1.54) is 0 Å². The molecule has 0 saturated carbocycles. The Hall–Kier alpha value is -3.09. The molecule has 0 amide bonds. The van der Waals surface area contributed by atoms with Crippen LogP contribution in [0.3, 0.4) is 0 Å². The topological polar surface area (TPSA) is 128 Å². The molecule has 0 N–H and O–H groups in total. The number of rotatable bonds is 11. The summed E-state index contributed by atoms with van der Waals surface area (Å²) >= 11 is 0. The van der Waals surface area contributed by atoms with Crippen molar-refractivity contribution in [1.29, 1.82) is 0 Å². The maximum atomic E-state index is 13.9. The minimum absolute atomic E-state index is 0.0606. The van der Waals surface area contributed by atoms with Gasteiger partial charge in [-0.05, 0) is 52.7 Å².